The number of carbonyl (C=O) groups is 4. The third kappa shape index (κ3) is 13.4. The predicted molar refractivity (Wildman–Crippen MR) is 216 cm³/mol. The standard InChI is InChI=1S/C42H61N5O7S/c1-10-25(4)37(20-48)44-39(50)19-38(49)34(16-24(2)3)45-40(51)35(17-32-22-55-23-43-32)46-41(52)36(47-42(53)54-21-31-14-12-11-13-15-31)18-33-29(8)27(6)26(5)28(7)30(33)9/h11-15,22-25,34-38,48-49H,10,16-21H2,1-9H3,(H,44,50)(H,45,51)(H,46,52)(H,47,53)/t25-,34-,35?,36-,37+,38-/m0/s1. The summed E-state index contributed by atoms with van der Waals surface area (Å²) in [4.78, 5) is 59.0. The van der Waals surface area contributed by atoms with Crippen molar-refractivity contribution in [3.63, 3.8) is 0 Å². The number of aromatic nitrogens is 1. The number of aliphatic hydroxyl groups excluding tert-OH is 2. The van der Waals surface area contributed by atoms with Crippen LogP contribution in [0.4, 0.5) is 4.79 Å². The van der Waals surface area contributed by atoms with E-state index in [1.807, 2.05) is 85.7 Å². The van der Waals surface area contributed by atoms with E-state index in [4.69, 9.17) is 4.74 Å². The molecule has 0 saturated heterocycles. The lowest BCUT2D eigenvalue weighted by atomic mass is 9.86. The molecule has 13 heteroatoms. The molecule has 1 unspecified atom stereocenters. The first-order valence-corrected chi connectivity index (χ1v) is 20.1. The number of hydrogen-bond acceptors (Lipinski definition) is 9. The van der Waals surface area contributed by atoms with Crippen molar-refractivity contribution in [3.8, 4) is 0 Å². The van der Waals surface area contributed by atoms with Crippen molar-refractivity contribution in [1.29, 1.82) is 0 Å². The Morgan fingerprint density at radius 3 is 1.96 bits per heavy atom. The van der Waals surface area contributed by atoms with Gasteiger partial charge in [-0.2, -0.15) is 0 Å². The smallest absolute Gasteiger partial charge is 0.408 e. The molecule has 6 atom stereocenters. The molecule has 55 heavy (non-hydrogen) atoms. The molecule has 0 saturated carbocycles. The van der Waals surface area contributed by atoms with Gasteiger partial charge in [0.05, 0.1) is 42.4 Å². The first-order chi connectivity index (χ1) is 26.1. The Kier molecular flexibility index (Phi) is 17.8. The Labute approximate surface area is 330 Å². The maximum atomic E-state index is 14.3. The van der Waals surface area contributed by atoms with Crippen LogP contribution in [0.2, 0.25) is 0 Å². The number of nitrogens with one attached hydrogen (secondary N) is 4. The van der Waals surface area contributed by atoms with Crippen molar-refractivity contribution in [2.45, 2.75) is 131 Å². The molecule has 4 amide bonds. The molecule has 0 spiro atoms. The molecule has 0 fully saturated rings. The minimum atomic E-state index is -1.24. The third-order valence-corrected chi connectivity index (χ3v) is 11.3. The number of amides is 4. The van der Waals surface area contributed by atoms with Crippen molar-refractivity contribution in [2.75, 3.05) is 6.61 Å². The van der Waals surface area contributed by atoms with Crippen molar-refractivity contribution in [2.24, 2.45) is 11.8 Å². The van der Waals surface area contributed by atoms with Gasteiger partial charge in [-0.25, -0.2) is 9.78 Å². The minimum absolute atomic E-state index is 0.00650. The number of aliphatic hydroxyl groups is 2. The van der Waals surface area contributed by atoms with E-state index < -0.39 is 54.1 Å². The molecule has 2 aromatic carbocycles. The van der Waals surface area contributed by atoms with Gasteiger partial charge in [0.2, 0.25) is 17.7 Å². The molecule has 6 N–H and O–H groups in total. The summed E-state index contributed by atoms with van der Waals surface area (Å²) >= 11 is 1.35. The number of benzene rings is 2. The summed E-state index contributed by atoms with van der Waals surface area (Å²) in [7, 11) is 0. The van der Waals surface area contributed by atoms with Crippen LogP contribution in [-0.2, 0) is 38.6 Å². The van der Waals surface area contributed by atoms with E-state index in [1.165, 1.54) is 11.3 Å². The van der Waals surface area contributed by atoms with E-state index in [0.29, 0.717) is 12.1 Å². The molecule has 3 aromatic rings. The fourth-order valence-corrected chi connectivity index (χ4v) is 7.16. The highest BCUT2D eigenvalue weighted by atomic mass is 32.1. The molecule has 0 radical (unpaired) electrons. The number of thiazole rings is 1. The fraction of sp³-hybridized carbons (Fsp3) is 0.548. The van der Waals surface area contributed by atoms with Crippen LogP contribution < -0.4 is 21.3 Å². The highest BCUT2D eigenvalue weighted by molar-refractivity contribution is 7.07. The Morgan fingerprint density at radius 1 is 0.800 bits per heavy atom. The zero-order valence-electron chi connectivity index (χ0n) is 33.8. The lowest BCUT2D eigenvalue weighted by Crippen LogP contribution is -2.57. The first kappa shape index (κ1) is 45.1. The van der Waals surface area contributed by atoms with Crippen molar-refractivity contribution >= 4 is 35.2 Å². The number of carbonyl (C=O) groups excluding carboxylic acids is 4. The minimum Gasteiger partial charge on any atom is -0.445 e. The van der Waals surface area contributed by atoms with Crippen molar-refractivity contribution in [1.82, 2.24) is 26.3 Å². The Balaban J connectivity index is 1.90. The van der Waals surface area contributed by atoms with Crippen molar-refractivity contribution < 1.29 is 34.1 Å². The van der Waals surface area contributed by atoms with E-state index in [1.54, 1.807) is 10.9 Å². The number of hydrogen-bond donors (Lipinski definition) is 6. The number of ether oxygens (including phenoxy) is 1. The Bertz CT molecular complexity index is 1690. The molecular weight excluding hydrogens is 719 g/mol. The van der Waals surface area contributed by atoms with Crippen LogP contribution in [0.5, 0.6) is 0 Å². The maximum Gasteiger partial charge on any atom is 0.408 e. The highest BCUT2D eigenvalue weighted by Crippen LogP contribution is 2.27. The quantitative estimate of drug-likeness (QED) is 0.0922. The summed E-state index contributed by atoms with van der Waals surface area (Å²) in [5.74, 6) is -1.53. The zero-order chi connectivity index (χ0) is 40.8. The lowest BCUT2D eigenvalue weighted by molar-refractivity contribution is -0.131. The highest BCUT2D eigenvalue weighted by Gasteiger charge is 2.33. The second kappa shape index (κ2) is 21.7. The second-order valence-electron chi connectivity index (χ2n) is 15.1. The van der Waals surface area contributed by atoms with Crippen LogP contribution in [-0.4, -0.2) is 75.9 Å². The lowest BCUT2D eigenvalue weighted by Gasteiger charge is -2.29. The fourth-order valence-electron chi connectivity index (χ4n) is 6.59. The summed E-state index contributed by atoms with van der Waals surface area (Å²) in [6, 6.07) is 5.68. The summed E-state index contributed by atoms with van der Waals surface area (Å²) in [5.41, 5.74) is 9.30. The van der Waals surface area contributed by atoms with Gasteiger partial charge in [0.15, 0.2) is 0 Å². The van der Waals surface area contributed by atoms with Crippen LogP contribution in [0.25, 0.3) is 0 Å². The molecule has 0 aliphatic rings. The normalized spacial score (nSPS) is 14.6. The molecule has 0 aliphatic carbocycles. The Morgan fingerprint density at radius 2 is 1.40 bits per heavy atom. The van der Waals surface area contributed by atoms with Crippen LogP contribution in [0.1, 0.15) is 91.6 Å². The van der Waals surface area contributed by atoms with Crippen molar-refractivity contribution in [3.05, 3.63) is 85.9 Å². The number of nitrogens with zero attached hydrogens (tertiary/aromatic N) is 1. The van der Waals surface area contributed by atoms with E-state index in [-0.39, 0.29) is 44.3 Å². The monoisotopic (exact) mass is 779 g/mol. The molecular formula is C42H61N5O7S. The van der Waals surface area contributed by atoms with Gasteiger partial charge in [-0.1, -0.05) is 64.4 Å². The van der Waals surface area contributed by atoms with Crippen LogP contribution in [0, 0.1) is 46.5 Å². The topological polar surface area (TPSA) is 179 Å². The van der Waals surface area contributed by atoms with E-state index in [0.717, 1.165) is 45.4 Å². The second-order valence-corrected chi connectivity index (χ2v) is 15.8. The van der Waals surface area contributed by atoms with Gasteiger partial charge in [0, 0.05) is 18.2 Å². The van der Waals surface area contributed by atoms with Crippen LogP contribution >= 0.6 is 11.3 Å². The van der Waals surface area contributed by atoms with E-state index >= 15 is 0 Å². The number of rotatable bonds is 20. The van der Waals surface area contributed by atoms with Crippen LogP contribution in [0.15, 0.2) is 41.2 Å². The molecule has 1 aromatic heterocycles. The largest absolute Gasteiger partial charge is 0.445 e. The third-order valence-electron chi connectivity index (χ3n) is 10.7. The van der Waals surface area contributed by atoms with Gasteiger partial charge >= 0.3 is 6.09 Å². The summed E-state index contributed by atoms with van der Waals surface area (Å²) < 4.78 is 5.52. The van der Waals surface area contributed by atoms with Crippen LogP contribution in [0.3, 0.4) is 0 Å². The van der Waals surface area contributed by atoms with Gasteiger partial charge in [0.1, 0.15) is 18.7 Å². The molecule has 1 heterocycles. The van der Waals surface area contributed by atoms with Gasteiger partial charge < -0.3 is 36.2 Å². The van der Waals surface area contributed by atoms with E-state index in [2.05, 4.69) is 33.2 Å². The summed E-state index contributed by atoms with van der Waals surface area (Å²) in [5, 5.41) is 34.2. The molecule has 3 rings (SSSR count). The summed E-state index contributed by atoms with van der Waals surface area (Å²) in [6.07, 6.45) is -1.02. The van der Waals surface area contributed by atoms with E-state index in [9.17, 15) is 29.4 Å². The number of alkyl carbamates (subject to hydrolysis) is 1. The maximum absolute atomic E-state index is 14.3. The predicted octanol–water partition coefficient (Wildman–Crippen LogP) is 5.06. The SMILES string of the molecule is CC[C@H](C)[C@@H](CO)NC(=O)C[C@H](O)[C@H](CC(C)C)NC(=O)C(Cc1cscn1)NC(=O)[C@H](Cc1c(C)c(C)c(C)c(C)c1C)NC(=O)OCc1ccccc1. The summed E-state index contributed by atoms with van der Waals surface area (Å²) in [6.45, 7) is 17.7. The zero-order valence-corrected chi connectivity index (χ0v) is 34.6. The first-order valence-electron chi connectivity index (χ1n) is 19.1. The van der Waals surface area contributed by atoms with Gasteiger partial charge in [0.25, 0.3) is 0 Å². The molecule has 302 valence electrons. The molecule has 12 nitrogen and oxygen atoms in total. The van der Waals surface area contributed by atoms with Gasteiger partial charge in [-0.3, -0.25) is 14.4 Å². The molecule has 0 aliphatic heterocycles. The molecule has 0 bridgehead atoms. The van der Waals surface area contributed by atoms with Gasteiger partial charge in [-0.05, 0) is 91.8 Å². The Hall–Kier alpha value is -4.33. The average Bonchev–Trinajstić information content (AvgIpc) is 3.68. The average molecular weight is 780 g/mol. The van der Waals surface area contributed by atoms with Gasteiger partial charge in [-0.15, -0.1) is 11.3 Å².